The largest absolute Gasteiger partial charge is 0.366 e. The summed E-state index contributed by atoms with van der Waals surface area (Å²) in [6.07, 6.45) is 11.8. The van der Waals surface area contributed by atoms with Gasteiger partial charge in [-0.2, -0.15) is 0 Å². The van der Waals surface area contributed by atoms with E-state index in [1.165, 1.54) is 6.08 Å². The van der Waals surface area contributed by atoms with Crippen molar-refractivity contribution in [2.24, 2.45) is 5.73 Å². The second-order valence-corrected chi connectivity index (χ2v) is 2.50. The molecule has 0 aromatic heterocycles. The van der Waals surface area contributed by atoms with Gasteiger partial charge in [0.25, 0.3) is 0 Å². The van der Waals surface area contributed by atoms with Gasteiger partial charge in [-0.3, -0.25) is 4.79 Å². The molecule has 0 saturated carbocycles. The first kappa shape index (κ1) is 11.3. The second kappa shape index (κ2) is 8.43. The van der Waals surface area contributed by atoms with Crippen molar-refractivity contribution in [1.29, 1.82) is 0 Å². The third-order valence-electron chi connectivity index (χ3n) is 1.37. The zero-order chi connectivity index (χ0) is 9.94. The highest BCUT2D eigenvalue weighted by Crippen LogP contribution is 1.99. The topological polar surface area (TPSA) is 43.1 Å². The molecule has 68 valence electrons. The first-order valence-corrected chi connectivity index (χ1v) is 4.17. The van der Waals surface area contributed by atoms with E-state index in [1.54, 1.807) is 6.08 Å². The number of hydrogen-bond donors (Lipinski definition) is 1. The number of carbonyl (C=O) groups excluding carboxylic acids is 1. The number of nitrogens with two attached hydrogens (primary N) is 1. The van der Waals surface area contributed by atoms with E-state index in [9.17, 15) is 4.79 Å². The van der Waals surface area contributed by atoms with Gasteiger partial charge in [-0.1, -0.05) is 12.0 Å². The number of primary amides is 1. The van der Waals surface area contributed by atoms with E-state index in [0.29, 0.717) is 0 Å². The maximum absolute atomic E-state index is 10.3. The second-order valence-electron chi connectivity index (χ2n) is 2.50. The van der Waals surface area contributed by atoms with Crippen LogP contribution in [0, 0.1) is 24.2 Å². The highest BCUT2D eigenvalue weighted by molar-refractivity contribution is 5.85. The molecule has 0 aliphatic carbocycles. The molecule has 0 spiro atoms. The van der Waals surface area contributed by atoms with Crippen LogP contribution in [-0.2, 0) is 4.79 Å². The van der Waals surface area contributed by atoms with Crippen LogP contribution in [0.4, 0.5) is 0 Å². The van der Waals surface area contributed by atoms with E-state index in [2.05, 4.69) is 17.8 Å². The van der Waals surface area contributed by atoms with Crippen molar-refractivity contribution in [1.82, 2.24) is 0 Å². The summed E-state index contributed by atoms with van der Waals surface area (Å²) in [6.45, 7) is 0. The minimum Gasteiger partial charge on any atom is -0.366 e. The lowest BCUT2D eigenvalue weighted by Gasteiger charge is -1.89. The Morgan fingerprint density at radius 2 is 2.23 bits per heavy atom. The third-order valence-corrected chi connectivity index (χ3v) is 1.37. The van der Waals surface area contributed by atoms with E-state index in [0.717, 1.165) is 25.7 Å². The molecule has 0 heterocycles. The van der Waals surface area contributed by atoms with Gasteiger partial charge < -0.3 is 5.73 Å². The van der Waals surface area contributed by atoms with Gasteiger partial charge in [-0.05, 0) is 37.2 Å². The minimum absolute atomic E-state index is 0.396. The van der Waals surface area contributed by atoms with Crippen LogP contribution in [0.1, 0.15) is 25.7 Å². The number of allylic oxidation sites excluding steroid dienone is 1. The lowest BCUT2D eigenvalue weighted by Crippen LogP contribution is -2.05. The summed E-state index contributed by atoms with van der Waals surface area (Å²) in [6, 6.07) is 0. The average molecular weight is 175 g/mol. The predicted molar refractivity (Wildman–Crippen MR) is 53.4 cm³/mol. The van der Waals surface area contributed by atoms with Crippen molar-refractivity contribution >= 4 is 5.91 Å². The van der Waals surface area contributed by atoms with Crippen LogP contribution in [0.15, 0.2) is 12.2 Å². The molecule has 0 aliphatic heterocycles. The fourth-order valence-corrected chi connectivity index (χ4v) is 0.789. The maximum Gasteiger partial charge on any atom is 0.241 e. The Bertz CT molecular complexity index is 273. The smallest absolute Gasteiger partial charge is 0.241 e. The van der Waals surface area contributed by atoms with Gasteiger partial charge in [0.1, 0.15) is 0 Å². The normalized spacial score (nSPS) is 8.85. The van der Waals surface area contributed by atoms with E-state index in [-0.39, 0.29) is 0 Å². The van der Waals surface area contributed by atoms with Crippen LogP contribution in [0.5, 0.6) is 0 Å². The predicted octanol–water partition coefficient (Wildman–Crippen LogP) is 1.22. The molecule has 2 heteroatoms. The van der Waals surface area contributed by atoms with Crippen molar-refractivity contribution in [2.75, 3.05) is 0 Å². The van der Waals surface area contributed by atoms with Crippen LogP contribution in [-0.4, -0.2) is 5.91 Å². The third kappa shape index (κ3) is 10.3. The lowest BCUT2D eigenvalue weighted by atomic mass is 10.2. The van der Waals surface area contributed by atoms with Crippen LogP contribution in [0.25, 0.3) is 0 Å². The Morgan fingerprint density at radius 1 is 1.46 bits per heavy atom. The molecule has 2 nitrogen and oxygen atoms in total. The summed E-state index contributed by atoms with van der Waals surface area (Å²) < 4.78 is 0. The van der Waals surface area contributed by atoms with Crippen LogP contribution < -0.4 is 5.73 Å². The van der Waals surface area contributed by atoms with Gasteiger partial charge in [0.2, 0.25) is 5.91 Å². The van der Waals surface area contributed by atoms with Crippen molar-refractivity contribution in [3.05, 3.63) is 12.2 Å². The molecule has 1 amide bonds. The summed E-state index contributed by atoms with van der Waals surface area (Å²) in [5, 5.41) is 0. The standard InChI is InChI=1S/C11H13NO/c1-2-3-4-5-6-7-8-9-10-11(12)13/h1,9-10H,5-8H2,(H2,12,13). The Kier molecular flexibility index (Phi) is 7.34. The van der Waals surface area contributed by atoms with Crippen molar-refractivity contribution < 1.29 is 4.79 Å². The summed E-state index contributed by atoms with van der Waals surface area (Å²) >= 11 is 0. The molecule has 0 radical (unpaired) electrons. The first-order valence-electron chi connectivity index (χ1n) is 4.17. The van der Waals surface area contributed by atoms with E-state index >= 15 is 0 Å². The van der Waals surface area contributed by atoms with Crippen molar-refractivity contribution in [3.63, 3.8) is 0 Å². The number of terminal acetylenes is 1. The van der Waals surface area contributed by atoms with Crippen LogP contribution in [0.3, 0.4) is 0 Å². The van der Waals surface area contributed by atoms with Crippen molar-refractivity contribution in [2.45, 2.75) is 25.7 Å². The van der Waals surface area contributed by atoms with Gasteiger partial charge in [-0.25, -0.2) is 0 Å². The SMILES string of the molecule is C#CC#CCCCCC=CC(N)=O. The zero-order valence-corrected chi connectivity index (χ0v) is 7.55. The molecule has 0 unspecified atom stereocenters. The van der Waals surface area contributed by atoms with Gasteiger partial charge in [0, 0.05) is 6.42 Å². The fourth-order valence-electron chi connectivity index (χ4n) is 0.789. The number of amides is 1. The molecule has 13 heavy (non-hydrogen) atoms. The molecule has 0 fully saturated rings. The minimum atomic E-state index is -0.396. The molecule has 2 N–H and O–H groups in total. The zero-order valence-electron chi connectivity index (χ0n) is 7.55. The highest BCUT2D eigenvalue weighted by Gasteiger charge is 1.84. The number of hydrogen-bond acceptors (Lipinski definition) is 1. The molecule has 0 aromatic carbocycles. The lowest BCUT2D eigenvalue weighted by molar-refractivity contribution is -0.113. The molecular weight excluding hydrogens is 162 g/mol. The van der Waals surface area contributed by atoms with Crippen LogP contribution in [0.2, 0.25) is 0 Å². The first-order chi connectivity index (χ1) is 6.27. The fraction of sp³-hybridized carbons (Fsp3) is 0.364. The molecular formula is C11H13NO. The summed E-state index contributed by atoms with van der Waals surface area (Å²) in [4.78, 5) is 10.3. The van der Waals surface area contributed by atoms with Gasteiger partial charge in [0.05, 0.1) is 0 Å². The maximum atomic E-state index is 10.3. The molecule has 0 saturated heterocycles. The number of carbonyl (C=O) groups is 1. The molecule has 0 rings (SSSR count). The van der Waals surface area contributed by atoms with Gasteiger partial charge in [0.15, 0.2) is 0 Å². The van der Waals surface area contributed by atoms with E-state index in [4.69, 9.17) is 12.2 Å². The Labute approximate surface area is 79.2 Å². The monoisotopic (exact) mass is 175 g/mol. The van der Waals surface area contributed by atoms with Crippen LogP contribution >= 0.6 is 0 Å². The van der Waals surface area contributed by atoms with Gasteiger partial charge >= 0.3 is 0 Å². The molecule has 0 bridgehead atoms. The van der Waals surface area contributed by atoms with Gasteiger partial charge in [-0.15, -0.1) is 6.42 Å². The Morgan fingerprint density at radius 3 is 2.85 bits per heavy atom. The molecule has 0 aliphatic rings. The summed E-state index contributed by atoms with van der Waals surface area (Å²) in [7, 11) is 0. The number of unbranched alkanes of at least 4 members (excludes halogenated alkanes) is 3. The molecule has 0 atom stereocenters. The highest BCUT2D eigenvalue weighted by atomic mass is 16.1. The summed E-state index contributed by atoms with van der Waals surface area (Å²) in [5.74, 6) is 7.23. The van der Waals surface area contributed by atoms with Crippen molar-refractivity contribution in [3.8, 4) is 24.2 Å². The Balaban J connectivity index is 3.28. The van der Waals surface area contributed by atoms with E-state index in [1.807, 2.05) is 0 Å². The number of rotatable bonds is 5. The molecule has 0 aromatic rings. The Hall–Kier alpha value is -1.67. The quantitative estimate of drug-likeness (QED) is 0.381. The van der Waals surface area contributed by atoms with E-state index < -0.39 is 5.91 Å². The summed E-state index contributed by atoms with van der Waals surface area (Å²) in [5.41, 5.74) is 4.90. The average Bonchev–Trinajstić information content (AvgIpc) is 2.09.